The van der Waals surface area contributed by atoms with Crippen molar-refractivity contribution in [3.8, 4) is 0 Å². The van der Waals surface area contributed by atoms with Crippen LogP contribution in [0.3, 0.4) is 0 Å². The van der Waals surface area contributed by atoms with Crippen LogP contribution in [0, 0.1) is 0 Å². The van der Waals surface area contributed by atoms with Gasteiger partial charge in [-0.15, -0.1) is 0 Å². The molecule has 0 aromatic carbocycles. The van der Waals surface area contributed by atoms with Crippen molar-refractivity contribution in [2.24, 2.45) is 0 Å². The van der Waals surface area contributed by atoms with Crippen molar-refractivity contribution in [2.45, 2.75) is 25.1 Å². The minimum absolute atomic E-state index is 0.120. The summed E-state index contributed by atoms with van der Waals surface area (Å²) >= 11 is 3.29. The summed E-state index contributed by atoms with van der Waals surface area (Å²) in [6.07, 6.45) is 0. The predicted octanol–water partition coefficient (Wildman–Crippen LogP) is 1.64. The zero-order valence-electron chi connectivity index (χ0n) is 6.94. The summed E-state index contributed by atoms with van der Waals surface area (Å²) < 4.78 is -0.419. The Morgan fingerprint density at radius 2 is 2.00 bits per heavy atom. The molecule has 0 N–H and O–H groups in total. The van der Waals surface area contributed by atoms with E-state index in [4.69, 9.17) is 0 Å². The zero-order valence-corrected chi connectivity index (χ0v) is 8.53. The van der Waals surface area contributed by atoms with E-state index in [0.717, 1.165) is 6.54 Å². The molecule has 0 radical (unpaired) electrons. The lowest BCUT2D eigenvalue weighted by Crippen LogP contribution is -2.38. The third-order valence-corrected chi connectivity index (χ3v) is 1.67. The lowest BCUT2D eigenvalue weighted by Gasteiger charge is -2.22. The van der Waals surface area contributed by atoms with Crippen molar-refractivity contribution in [3.05, 3.63) is 0 Å². The normalized spacial score (nSPS) is 11.3. The number of hydrogen-bond acceptors (Lipinski definition) is 1. The second kappa shape index (κ2) is 3.37. The number of nitrogens with zero attached hydrogens (tertiary/aromatic N) is 1. The summed E-state index contributed by atoms with van der Waals surface area (Å²) in [7, 11) is 1.80. The first-order chi connectivity index (χ1) is 4.39. The molecule has 0 unspecified atom stereocenters. The van der Waals surface area contributed by atoms with Gasteiger partial charge in [-0.3, -0.25) is 4.79 Å². The van der Waals surface area contributed by atoms with Crippen LogP contribution in [-0.4, -0.2) is 28.7 Å². The Morgan fingerprint density at radius 1 is 1.60 bits per heavy atom. The van der Waals surface area contributed by atoms with Gasteiger partial charge in [0.1, 0.15) is 0 Å². The smallest absolute Gasteiger partial charge is 0.238 e. The predicted molar refractivity (Wildman–Crippen MR) is 46.3 cm³/mol. The molecule has 10 heavy (non-hydrogen) atoms. The summed E-state index contributed by atoms with van der Waals surface area (Å²) in [5, 5.41) is 0. The highest BCUT2D eigenvalue weighted by molar-refractivity contribution is 9.10. The number of hydrogen-bond donors (Lipinski definition) is 0. The zero-order chi connectivity index (χ0) is 8.36. The van der Waals surface area contributed by atoms with Gasteiger partial charge in [0.25, 0.3) is 0 Å². The van der Waals surface area contributed by atoms with Crippen molar-refractivity contribution in [1.82, 2.24) is 4.90 Å². The summed E-state index contributed by atoms with van der Waals surface area (Å²) in [4.78, 5) is 13.0. The van der Waals surface area contributed by atoms with E-state index < -0.39 is 4.32 Å². The fraction of sp³-hybridized carbons (Fsp3) is 0.857. The molecule has 0 spiro atoms. The Balaban J connectivity index is 4.09. The maximum Gasteiger partial charge on any atom is 0.238 e. The van der Waals surface area contributed by atoms with Crippen molar-refractivity contribution in [1.29, 1.82) is 0 Å². The highest BCUT2D eigenvalue weighted by Crippen LogP contribution is 2.17. The summed E-state index contributed by atoms with van der Waals surface area (Å²) in [6.45, 7) is 6.41. The largest absolute Gasteiger partial charge is 0.345 e. The molecule has 0 atom stereocenters. The molecule has 0 rings (SSSR count). The first-order valence-electron chi connectivity index (χ1n) is 3.34. The average Bonchev–Trinajstić information content (AvgIpc) is 1.83. The molecule has 0 bridgehead atoms. The van der Waals surface area contributed by atoms with Crippen LogP contribution in [0.25, 0.3) is 0 Å². The van der Waals surface area contributed by atoms with E-state index in [1.165, 1.54) is 0 Å². The minimum Gasteiger partial charge on any atom is -0.345 e. The maximum atomic E-state index is 11.3. The van der Waals surface area contributed by atoms with Crippen LogP contribution < -0.4 is 0 Å². The van der Waals surface area contributed by atoms with Gasteiger partial charge < -0.3 is 4.90 Å². The summed E-state index contributed by atoms with van der Waals surface area (Å²) in [6, 6.07) is 0. The fourth-order valence-corrected chi connectivity index (χ4v) is 0.900. The lowest BCUT2D eigenvalue weighted by molar-refractivity contribution is -0.131. The number of carbonyl (C=O) groups excluding carboxylic acids is 1. The van der Waals surface area contributed by atoms with E-state index in [9.17, 15) is 4.79 Å². The van der Waals surface area contributed by atoms with E-state index >= 15 is 0 Å². The van der Waals surface area contributed by atoms with Crippen LogP contribution >= 0.6 is 15.9 Å². The Hall–Kier alpha value is -0.0500. The molecule has 0 aliphatic heterocycles. The molecule has 0 saturated carbocycles. The van der Waals surface area contributed by atoms with E-state index in [0.29, 0.717) is 0 Å². The van der Waals surface area contributed by atoms with Gasteiger partial charge in [-0.1, -0.05) is 15.9 Å². The molecule has 0 aromatic heterocycles. The SMILES string of the molecule is CCN(C)C(=O)C(C)(C)Br. The molecule has 0 saturated heterocycles. The monoisotopic (exact) mass is 207 g/mol. The molecule has 0 aliphatic carbocycles. The van der Waals surface area contributed by atoms with Gasteiger partial charge in [0, 0.05) is 13.6 Å². The number of halogens is 1. The Kier molecular flexibility index (Phi) is 3.36. The first kappa shape index (κ1) is 9.95. The average molecular weight is 208 g/mol. The van der Waals surface area contributed by atoms with E-state index in [-0.39, 0.29) is 5.91 Å². The van der Waals surface area contributed by atoms with E-state index in [1.54, 1.807) is 11.9 Å². The van der Waals surface area contributed by atoms with Gasteiger partial charge >= 0.3 is 0 Å². The molecule has 3 heteroatoms. The first-order valence-corrected chi connectivity index (χ1v) is 4.13. The Morgan fingerprint density at radius 3 is 2.10 bits per heavy atom. The van der Waals surface area contributed by atoms with E-state index in [2.05, 4.69) is 15.9 Å². The second-order valence-corrected chi connectivity index (χ2v) is 4.77. The molecular weight excluding hydrogens is 194 g/mol. The third-order valence-electron chi connectivity index (χ3n) is 1.33. The number of carbonyl (C=O) groups is 1. The quantitative estimate of drug-likeness (QED) is 0.631. The molecular formula is C7H14BrNO. The fourth-order valence-electron chi connectivity index (χ4n) is 0.597. The molecule has 0 aliphatic rings. The number of alkyl halides is 1. The van der Waals surface area contributed by atoms with Gasteiger partial charge in [-0.05, 0) is 20.8 Å². The second-order valence-electron chi connectivity index (χ2n) is 2.79. The number of rotatable bonds is 2. The third kappa shape index (κ3) is 2.69. The summed E-state index contributed by atoms with van der Waals surface area (Å²) in [5.74, 6) is 0.120. The Bertz CT molecular complexity index is 128. The van der Waals surface area contributed by atoms with Crippen LogP contribution in [0.15, 0.2) is 0 Å². The van der Waals surface area contributed by atoms with Crippen molar-refractivity contribution in [3.63, 3.8) is 0 Å². The van der Waals surface area contributed by atoms with Gasteiger partial charge in [0.05, 0.1) is 4.32 Å². The van der Waals surface area contributed by atoms with Gasteiger partial charge in [0.2, 0.25) is 5.91 Å². The molecule has 0 fully saturated rings. The molecule has 2 nitrogen and oxygen atoms in total. The van der Waals surface area contributed by atoms with Crippen LogP contribution in [0.1, 0.15) is 20.8 Å². The van der Waals surface area contributed by atoms with Crippen LogP contribution in [-0.2, 0) is 4.79 Å². The van der Waals surface area contributed by atoms with Crippen molar-refractivity contribution in [2.75, 3.05) is 13.6 Å². The van der Waals surface area contributed by atoms with Crippen LogP contribution in [0.5, 0.6) is 0 Å². The summed E-state index contributed by atoms with van der Waals surface area (Å²) in [5.41, 5.74) is 0. The standard InChI is InChI=1S/C7H14BrNO/c1-5-9(4)6(10)7(2,3)8/h5H2,1-4H3. The van der Waals surface area contributed by atoms with Crippen molar-refractivity contribution < 1.29 is 4.79 Å². The highest BCUT2D eigenvalue weighted by Gasteiger charge is 2.25. The Labute approximate surface area is 70.7 Å². The van der Waals surface area contributed by atoms with Gasteiger partial charge in [0.15, 0.2) is 0 Å². The topological polar surface area (TPSA) is 20.3 Å². The highest BCUT2D eigenvalue weighted by atomic mass is 79.9. The maximum absolute atomic E-state index is 11.3. The van der Waals surface area contributed by atoms with Crippen LogP contribution in [0.2, 0.25) is 0 Å². The molecule has 1 amide bonds. The minimum atomic E-state index is -0.419. The van der Waals surface area contributed by atoms with Gasteiger partial charge in [-0.2, -0.15) is 0 Å². The lowest BCUT2D eigenvalue weighted by atomic mass is 10.2. The van der Waals surface area contributed by atoms with Gasteiger partial charge in [-0.25, -0.2) is 0 Å². The van der Waals surface area contributed by atoms with Crippen molar-refractivity contribution >= 4 is 21.8 Å². The van der Waals surface area contributed by atoms with Crippen LogP contribution in [0.4, 0.5) is 0 Å². The van der Waals surface area contributed by atoms with E-state index in [1.807, 2.05) is 20.8 Å². The number of amides is 1. The molecule has 0 aromatic rings. The molecule has 60 valence electrons. The molecule has 0 heterocycles.